The number of carbonyl (C=O) groups is 1. The molecule has 4 rings (SSSR count). The number of benzene rings is 1. The lowest BCUT2D eigenvalue weighted by Crippen LogP contribution is -2.34. The van der Waals surface area contributed by atoms with E-state index in [-0.39, 0.29) is 17.5 Å². The summed E-state index contributed by atoms with van der Waals surface area (Å²) in [4.78, 5) is 24.2. The summed E-state index contributed by atoms with van der Waals surface area (Å²) in [6.07, 6.45) is 2.61. The Kier molecular flexibility index (Phi) is 4.83. The van der Waals surface area contributed by atoms with Gasteiger partial charge in [-0.15, -0.1) is 0 Å². The number of carboxylic acid groups (broad SMARTS) is 1. The Morgan fingerprint density at radius 3 is 3.00 bits per heavy atom. The Hall–Kier alpha value is -2.10. The van der Waals surface area contributed by atoms with Crippen molar-refractivity contribution in [1.82, 2.24) is 15.0 Å². The Labute approximate surface area is 168 Å². The molecule has 2 unspecified atom stereocenters. The average molecular weight is 481 g/mol. The van der Waals surface area contributed by atoms with E-state index < -0.39 is 6.09 Å². The van der Waals surface area contributed by atoms with Crippen molar-refractivity contribution in [2.45, 2.75) is 38.6 Å². The van der Waals surface area contributed by atoms with Gasteiger partial charge < -0.3 is 19.5 Å². The fourth-order valence-electron chi connectivity index (χ4n) is 4.25. The van der Waals surface area contributed by atoms with Crippen LogP contribution in [-0.4, -0.2) is 27.5 Å². The summed E-state index contributed by atoms with van der Waals surface area (Å²) in [5.41, 5.74) is 1.41. The summed E-state index contributed by atoms with van der Waals surface area (Å²) in [6, 6.07) is 5.94. The summed E-state index contributed by atoms with van der Waals surface area (Å²) >= 11 is 2.27. The number of nitrogens with zero attached hydrogens (tertiary/aromatic N) is 2. The van der Waals surface area contributed by atoms with Gasteiger partial charge in [-0.05, 0) is 66.8 Å². The van der Waals surface area contributed by atoms with Gasteiger partial charge >= 0.3 is 6.09 Å². The topological polar surface area (TPSA) is 97.4 Å². The molecule has 2 heterocycles. The number of fused-ring (bicyclic) bond motifs is 3. The highest BCUT2D eigenvalue weighted by molar-refractivity contribution is 14.1. The molecule has 1 aliphatic carbocycles. The van der Waals surface area contributed by atoms with Crippen molar-refractivity contribution >= 4 is 50.5 Å². The molecule has 2 aromatic heterocycles. The first-order valence-electron chi connectivity index (χ1n) is 9.03. The fourth-order valence-corrected chi connectivity index (χ4v) is 4.99. The van der Waals surface area contributed by atoms with Crippen molar-refractivity contribution in [3.8, 4) is 0 Å². The highest BCUT2D eigenvalue weighted by Gasteiger charge is 2.28. The molecule has 2 atom stereocenters. The molecule has 0 aliphatic heterocycles. The number of aryl methyl sites for hydroxylation is 1. The summed E-state index contributed by atoms with van der Waals surface area (Å²) in [6.45, 7) is 2.19. The maximum atomic E-state index is 13.4. The minimum Gasteiger partial charge on any atom is -0.465 e. The highest BCUT2D eigenvalue weighted by atomic mass is 127. The predicted molar refractivity (Wildman–Crippen MR) is 110 cm³/mol. The first-order valence-corrected chi connectivity index (χ1v) is 10.1. The summed E-state index contributed by atoms with van der Waals surface area (Å²) < 4.78 is 8.26. The second kappa shape index (κ2) is 7.14. The molecule has 0 radical (unpaired) electrons. The quantitative estimate of drug-likeness (QED) is 0.551. The Morgan fingerprint density at radius 1 is 1.41 bits per heavy atom. The van der Waals surface area contributed by atoms with Gasteiger partial charge in [0, 0.05) is 21.5 Å². The van der Waals surface area contributed by atoms with Crippen molar-refractivity contribution in [2.24, 2.45) is 5.92 Å². The van der Waals surface area contributed by atoms with Crippen molar-refractivity contribution in [3.63, 3.8) is 0 Å². The maximum Gasteiger partial charge on any atom is 0.404 e. The number of hydrogen-bond donors (Lipinski definition) is 2. The zero-order valence-electron chi connectivity index (χ0n) is 14.9. The van der Waals surface area contributed by atoms with Crippen molar-refractivity contribution < 1.29 is 14.4 Å². The lowest BCUT2D eigenvalue weighted by atomic mass is 9.85. The molecule has 0 saturated heterocycles. The molecule has 7 nitrogen and oxygen atoms in total. The van der Waals surface area contributed by atoms with E-state index in [4.69, 9.17) is 9.63 Å². The number of pyridine rings is 1. The Balaban J connectivity index is 1.86. The van der Waals surface area contributed by atoms with Crippen LogP contribution in [0.5, 0.6) is 0 Å². The van der Waals surface area contributed by atoms with Crippen LogP contribution >= 0.6 is 22.6 Å². The number of nitrogens with one attached hydrogen (secondary N) is 1. The van der Waals surface area contributed by atoms with Crippen LogP contribution in [0.4, 0.5) is 4.79 Å². The largest absolute Gasteiger partial charge is 0.465 e. The van der Waals surface area contributed by atoms with Crippen molar-refractivity contribution in [2.75, 3.05) is 6.54 Å². The van der Waals surface area contributed by atoms with E-state index >= 15 is 0 Å². The Morgan fingerprint density at radius 2 is 2.22 bits per heavy atom. The van der Waals surface area contributed by atoms with Crippen LogP contribution in [0.3, 0.4) is 0 Å². The van der Waals surface area contributed by atoms with Crippen LogP contribution < -0.4 is 10.9 Å². The molecule has 1 amide bonds. The van der Waals surface area contributed by atoms with Gasteiger partial charge in [-0.3, -0.25) is 4.79 Å². The third kappa shape index (κ3) is 3.19. The molecule has 1 saturated carbocycles. The molecule has 0 bridgehead atoms. The molecule has 27 heavy (non-hydrogen) atoms. The molecule has 1 aromatic carbocycles. The third-order valence-electron chi connectivity index (χ3n) is 5.45. The van der Waals surface area contributed by atoms with Gasteiger partial charge in [0.05, 0.1) is 5.52 Å². The van der Waals surface area contributed by atoms with E-state index in [1.54, 1.807) is 6.92 Å². The van der Waals surface area contributed by atoms with E-state index in [9.17, 15) is 9.59 Å². The third-order valence-corrected chi connectivity index (χ3v) is 6.34. The van der Waals surface area contributed by atoms with E-state index in [0.717, 1.165) is 40.2 Å². The lowest BCUT2D eigenvalue weighted by Gasteiger charge is -2.31. The van der Waals surface area contributed by atoms with E-state index in [2.05, 4.69) is 33.1 Å². The van der Waals surface area contributed by atoms with Gasteiger partial charge in [0.1, 0.15) is 16.7 Å². The molecular weight excluding hydrogens is 461 g/mol. The van der Waals surface area contributed by atoms with Crippen LogP contribution in [0.2, 0.25) is 0 Å². The van der Waals surface area contributed by atoms with Gasteiger partial charge in [-0.1, -0.05) is 17.6 Å². The van der Waals surface area contributed by atoms with Crippen molar-refractivity contribution in [1.29, 1.82) is 0 Å². The fraction of sp³-hybridized carbons (Fsp3) is 0.421. The van der Waals surface area contributed by atoms with Crippen LogP contribution in [0.25, 0.3) is 21.8 Å². The number of rotatable bonds is 3. The van der Waals surface area contributed by atoms with Gasteiger partial charge in [-0.25, -0.2) is 4.79 Å². The average Bonchev–Trinajstić information content (AvgIpc) is 3.02. The highest BCUT2D eigenvalue weighted by Crippen LogP contribution is 2.36. The molecular formula is C19H20IN3O4. The molecule has 2 N–H and O–H groups in total. The van der Waals surface area contributed by atoms with Gasteiger partial charge in [0.15, 0.2) is 0 Å². The SMILES string of the molecule is Cc1onc2c1c(=O)n(C1CCCC(CNC(=O)O)C1)c1cccc(I)c21. The number of aromatic nitrogens is 2. The lowest BCUT2D eigenvalue weighted by molar-refractivity contribution is 0.187. The molecule has 1 fully saturated rings. The van der Waals surface area contributed by atoms with Crippen LogP contribution in [0.15, 0.2) is 27.5 Å². The van der Waals surface area contributed by atoms with Gasteiger partial charge in [0.25, 0.3) is 5.56 Å². The number of hydrogen-bond acceptors (Lipinski definition) is 4. The molecule has 142 valence electrons. The minimum atomic E-state index is -1.00. The predicted octanol–water partition coefficient (Wildman–Crippen LogP) is 4.05. The number of amides is 1. The second-order valence-corrected chi connectivity index (χ2v) is 8.31. The molecule has 3 aromatic rings. The molecule has 8 heteroatoms. The van der Waals surface area contributed by atoms with Gasteiger partial charge in [0.2, 0.25) is 0 Å². The molecule has 0 spiro atoms. The minimum absolute atomic E-state index is 0.0336. The number of halogens is 1. The van der Waals surface area contributed by atoms with Crippen LogP contribution in [0, 0.1) is 16.4 Å². The van der Waals surface area contributed by atoms with Crippen LogP contribution in [0.1, 0.15) is 37.5 Å². The standard InChI is InChI=1S/C19H20IN3O4/c1-10-15-17(22-27-10)16-13(20)6-3-7-14(16)23(18(15)24)12-5-2-4-11(8-12)9-21-19(25)26/h3,6-7,11-12,21H,2,4-5,8-9H2,1H3,(H,25,26). The molecule has 1 aliphatic rings. The zero-order valence-corrected chi connectivity index (χ0v) is 17.0. The van der Waals surface area contributed by atoms with E-state index in [1.807, 2.05) is 22.8 Å². The maximum absolute atomic E-state index is 13.4. The van der Waals surface area contributed by atoms with Crippen LogP contribution in [-0.2, 0) is 0 Å². The van der Waals surface area contributed by atoms with Gasteiger partial charge in [-0.2, -0.15) is 0 Å². The van der Waals surface area contributed by atoms with E-state index in [0.29, 0.717) is 23.2 Å². The van der Waals surface area contributed by atoms with Crippen molar-refractivity contribution in [3.05, 3.63) is 37.9 Å². The first-order chi connectivity index (χ1) is 13.0. The smallest absolute Gasteiger partial charge is 0.404 e. The summed E-state index contributed by atoms with van der Waals surface area (Å²) in [5.74, 6) is 0.758. The first kappa shape index (κ1) is 18.3. The zero-order chi connectivity index (χ0) is 19.1. The monoisotopic (exact) mass is 481 g/mol. The van der Waals surface area contributed by atoms with E-state index in [1.165, 1.54) is 0 Å². The normalized spacial score (nSPS) is 20.2. The summed E-state index contributed by atoms with van der Waals surface area (Å²) in [5, 5.41) is 17.0. The Bertz CT molecular complexity index is 1090. The second-order valence-electron chi connectivity index (χ2n) is 7.14. The summed E-state index contributed by atoms with van der Waals surface area (Å²) in [7, 11) is 0.